The molecule has 0 aliphatic rings. The van der Waals surface area contributed by atoms with Gasteiger partial charge in [0.15, 0.2) is 6.29 Å². The van der Waals surface area contributed by atoms with E-state index in [1.54, 1.807) is 17.1 Å². The molecule has 0 N–H and O–H groups in total. The van der Waals surface area contributed by atoms with Crippen LogP contribution in [0.15, 0.2) is 30.7 Å². The number of hydrogen-bond acceptors (Lipinski definition) is 3. The first-order valence-corrected chi connectivity index (χ1v) is 4.67. The van der Waals surface area contributed by atoms with Gasteiger partial charge in [0.25, 0.3) is 0 Å². The Morgan fingerprint density at radius 2 is 2.33 bits per heavy atom. The highest BCUT2D eigenvalue weighted by atomic mass is 16.1. The van der Waals surface area contributed by atoms with Gasteiger partial charge in [-0.15, -0.1) is 0 Å². The number of nitrogens with zero attached hydrogens (tertiary/aromatic N) is 3. The van der Waals surface area contributed by atoms with Gasteiger partial charge in [-0.2, -0.15) is 0 Å². The van der Waals surface area contributed by atoms with Crippen molar-refractivity contribution in [3.63, 3.8) is 0 Å². The van der Waals surface area contributed by atoms with Crippen molar-refractivity contribution in [1.29, 1.82) is 0 Å². The van der Waals surface area contributed by atoms with Crippen LogP contribution in [-0.4, -0.2) is 20.8 Å². The van der Waals surface area contributed by atoms with E-state index in [4.69, 9.17) is 0 Å². The lowest BCUT2D eigenvalue weighted by atomic mass is 10.3. The number of aromatic nitrogens is 3. The SMILES string of the molecule is Cc1cccc(Cn2cncc2C=O)n1. The molecule has 0 fully saturated rings. The summed E-state index contributed by atoms with van der Waals surface area (Å²) in [4.78, 5) is 18.9. The molecule has 15 heavy (non-hydrogen) atoms. The van der Waals surface area contributed by atoms with Crippen molar-refractivity contribution in [3.8, 4) is 0 Å². The molecule has 2 aromatic heterocycles. The summed E-state index contributed by atoms with van der Waals surface area (Å²) in [7, 11) is 0. The van der Waals surface area contributed by atoms with Gasteiger partial charge in [-0.05, 0) is 19.1 Å². The van der Waals surface area contributed by atoms with E-state index in [-0.39, 0.29) is 0 Å². The summed E-state index contributed by atoms with van der Waals surface area (Å²) in [6, 6.07) is 5.83. The van der Waals surface area contributed by atoms with Gasteiger partial charge in [-0.3, -0.25) is 9.78 Å². The van der Waals surface area contributed by atoms with Crippen molar-refractivity contribution in [2.75, 3.05) is 0 Å². The van der Waals surface area contributed by atoms with Crippen molar-refractivity contribution < 1.29 is 4.79 Å². The third-order valence-electron chi connectivity index (χ3n) is 2.14. The molecule has 0 bridgehead atoms. The molecule has 0 atom stereocenters. The van der Waals surface area contributed by atoms with Gasteiger partial charge in [0.05, 0.1) is 24.8 Å². The Morgan fingerprint density at radius 1 is 1.47 bits per heavy atom. The summed E-state index contributed by atoms with van der Waals surface area (Å²) in [5.74, 6) is 0. The topological polar surface area (TPSA) is 47.8 Å². The second-order valence-corrected chi connectivity index (χ2v) is 3.33. The van der Waals surface area contributed by atoms with Gasteiger partial charge in [0.1, 0.15) is 5.69 Å². The minimum atomic E-state index is 0.568. The van der Waals surface area contributed by atoms with Crippen molar-refractivity contribution in [2.24, 2.45) is 0 Å². The minimum absolute atomic E-state index is 0.568. The van der Waals surface area contributed by atoms with Crippen molar-refractivity contribution in [2.45, 2.75) is 13.5 Å². The second kappa shape index (κ2) is 4.04. The van der Waals surface area contributed by atoms with E-state index in [0.29, 0.717) is 12.2 Å². The van der Waals surface area contributed by atoms with Gasteiger partial charge in [-0.1, -0.05) is 6.07 Å². The Hall–Kier alpha value is -1.97. The highest BCUT2D eigenvalue weighted by molar-refractivity contribution is 5.71. The van der Waals surface area contributed by atoms with Crippen molar-refractivity contribution >= 4 is 6.29 Å². The molecule has 0 aromatic carbocycles. The first kappa shape index (κ1) is 9.58. The van der Waals surface area contributed by atoms with Crippen LogP contribution in [0.5, 0.6) is 0 Å². The number of aldehydes is 1. The molecule has 0 aliphatic carbocycles. The van der Waals surface area contributed by atoms with E-state index in [9.17, 15) is 4.79 Å². The molecular weight excluding hydrogens is 190 g/mol. The van der Waals surface area contributed by atoms with Gasteiger partial charge in [-0.25, -0.2) is 4.98 Å². The summed E-state index contributed by atoms with van der Waals surface area (Å²) in [6.07, 6.45) is 3.97. The number of carbonyl (C=O) groups excluding carboxylic acids is 1. The summed E-state index contributed by atoms with van der Waals surface area (Å²) >= 11 is 0. The van der Waals surface area contributed by atoms with Gasteiger partial charge in [0, 0.05) is 5.69 Å². The van der Waals surface area contributed by atoms with Crippen LogP contribution in [0.2, 0.25) is 0 Å². The van der Waals surface area contributed by atoms with E-state index in [1.165, 1.54) is 0 Å². The maximum atomic E-state index is 10.7. The highest BCUT2D eigenvalue weighted by Crippen LogP contribution is 2.03. The smallest absolute Gasteiger partial charge is 0.168 e. The third-order valence-corrected chi connectivity index (χ3v) is 2.14. The van der Waals surface area contributed by atoms with Crippen LogP contribution in [0, 0.1) is 6.92 Å². The zero-order chi connectivity index (χ0) is 10.7. The van der Waals surface area contributed by atoms with E-state index in [2.05, 4.69) is 9.97 Å². The summed E-state index contributed by atoms with van der Waals surface area (Å²) in [5, 5.41) is 0. The molecule has 0 saturated heterocycles. The quantitative estimate of drug-likeness (QED) is 0.706. The zero-order valence-electron chi connectivity index (χ0n) is 8.42. The summed E-state index contributed by atoms with van der Waals surface area (Å²) in [5.41, 5.74) is 2.47. The maximum absolute atomic E-state index is 10.7. The molecule has 2 heterocycles. The highest BCUT2D eigenvalue weighted by Gasteiger charge is 2.02. The third kappa shape index (κ3) is 2.10. The Balaban J connectivity index is 2.25. The largest absolute Gasteiger partial charge is 0.322 e. The number of rotatable bonds is 3. The first-order valence-electron chi connectivity index (χ1n) is 4.67. The molecule has 0 radical (unpaired) electrons. The lowest BCUT2D eigenvalue weighted by Crippen LogP contribution is -2.04. The first-order chi connectivity index (χ1) is 7.29. The van der Waals surface area contributed by atoms with Crippen LogP contribution >= 0.6 is 0 Å². The zero-order valence-corrected chi connectivity index (χ0v) is 8.42. The lowest BCUT2D eigenvalue weighted by molar-refractivity contribution is 0.111. The molecule has 4 heteroatoms. The Morgan fingerprint density at radius 3 is 3.07 bits per heavy atom. The predicted octanol–water partition coefficient (Wildman–Crippen LogP) is 1.45. The van der Waals surface area contributed by atoms with Gasteiger partial charge >= 0.3 is 0 Å². The molecule has 4 nitrogen and oxygen atoms in total. The van der Waals surface area contributed by atoms with Crippen LogP contribution in [0.4, 0.5) is 0 Å². The fourth-order valence-electron chi connectivity index (χ4n) is 1.42. The summed E-state index contributed by atoms with van der Waals surface area (Å²) < 4.78 is 1.77. The molecule has 0 aliphatic heterocycles. The van der Waals surface area contributed by atoms with E-state index >= 15 is 0 Å². The average Bonchev–Trinajstić information content (AvgIpc) is 2.65. The molecule has 0 amide bonds. The Labute approximate surface area is 87.6 Å². The fourth-order valence-corrected chi connectivity index (χ4v) is 1.42. The molecule has 2 aromatic rings. The number of hydrogen-bond donors (Lipinski definition) is 0. The fraction of sp³-hybridized carbons (Fsp3) is 0.182. The lowest BCUT2D eigenvalue weighted by Gasteiger charge is -2.04. The number of pyridine rings is 1. The van der Waals surface area contributed by atoms with Gasteiger partial charge < -0.3 is 4.57 Å². The molecule has 0 saturated carbocycles. The van der Waals surface area contributed by atoms with Crippen LogP contribution in [0.1, 0.15) is 21.9 Å². The van der Waals surface area contributed by atoms with E-state index in [0.717, 1.165) is 17.7 Å². The van der Waals surface area contributed by atoms with Crippen LogP contribution in [0.25, 0.3) is 0 Å². The number of aryl methyl sites for hydroxylation is 1. The molecule has 0 unspecified atom stereocenters. The standard InChI is InChI=1S/C11H11N3O/c1-9-3-2-4-10(13-9)6-14-8-12-5-11(14)7-15/h2-5,7-8H,6H2,1H3. The Kier molecular flexibility index (Phi) is 2.58. The van der Waals surface area contributed by atoms with Gasteiger partial charge in [0.2, 0.25) is 0 Å². The van der Waals surface area contributed by atoms with E-state index in [1.807, 2.05) is 25.1 Å². The normalized spacial score (nSPS) is 10.2. The minimum Gasteiger partial charge on any atom is -0.322 e. The molecule has 0 spiro atoms. The van der Waals surface area contributed by atoms with Crippen LogP contribution in [-0.2, 0) is 6.54 Å². The molecule has 2 rings (SSSR count). The second-order valence-electron chi connectivity index (χ2n) is 3.33. The van der Waals surface area contributed by atoms with Crippen LogP contribution < -0.4 is 0 Å². The van der Waals surface area contributed by atoms with Crippen molar-refractivity contribution in [1.82, 2.24) is 14.5 Å². The van der Waals surface area contributed by atoms with Crippen LogP contribution in [0.3, 0.4) is 0 Å². The maximum Gasteiger partial charge on any atom is 0.168 e. The monoisotopic (exact) mass is 201 g/mol. The molecule has 76 valence electrons. The molecular formula is C11H11N3O. The van der Waals surface area contributed by atoms with E-state index < -0.39 is 0 Å². The Bertz CT molecular complexity index is 476. The number of carbonyl (C=O) groups is 1. The number of imidazole rings is 1. The average molecular weight is 201 g/mol. The predicted molar refractivity (Wildman–Crippen MR) is 55.7 cm³/mol. The van der Waals surface area contributed by atoms with Crippen molar-refractivity contribution in [3.05, 3.63) is 47.8 Å². The summed E-state index contributed by atoms with van der Waals surface area (Å²) in [6.45, 7) is 2.52.